The predicted molar refractivity (Wildman–Crippen MR) is 83.4 cm³/mol. The summed E-state index contributed by atoms with van der Waals surface area (Å²) in [5.74, 6) is 0.745. The van der Waals surface area contributed by atoms with Crippen LogP contribution < -0.4 is 5.73 Å². The minimum atomic E-state index is 0.275. The van der Waals surface area contributed by atoms with Gasteiger partial charge in [-0.05, 0) is 48.3 Å². The molecule has 0 bridgehead atoms. The van der Waals surface area contributed by atoms with Crippen LogP contribution in [0.25, 0.3) is 10.9 Å². The van der Waals surface area contributed by atoms with E-state index in [0.29, 0.717) is 0 Å². The van der Waals surface area contributed by atoms with Crippen molar-refractivity contribution in [1.29, 1.82) is 0 Å². The molecule has 2 N–H and O–H groups in total. The largest absolute Gasteiger partial charge is 0.347 e. The average molecular weight is 258 g/mol. The van der Waals surface area contributed by atoms with Crippen LogP contribution in [-0.4, -0.2) is 10.6 Å². The highest BCUT2D eigenvalue weighted by Gasteiger charge is 2.06. The van der Waals surface area contributed by atoms with Gasteiger partial charge in [-0.2, -0.15) is 0 Å². The highest BCUT2D eigenvalue weighted by Crippen LogP contribution is 2.20. The van der Waals surface area contributed by atoms with Crippen molar-refractivity contribution in [3.63, 3.8) is 0 Å². The van der Waals surface area contributed by atoms with E-state index in [0.717, 1.165) is 25.3 Å². The van der Waals surface area contributed by atoms with Gasteiger partial charge in [0.15, 0.2) is 0 Å². The van der Waals surface area contributed by atoms with Crippen molar-refractivity contribution in [3.05, 3.63) is 36.0 Å². The lowest BCUT2D eigenvalue weighted by atomic mass is 10.0. The summed E-state index contributed by atoms with van der Waals surface area (Å²) in [6.07, 6.45) is 5.44. The summed E-state index contributed by atoms with van der Waals surface area (Å²) in [5.41, 5.74) is 8.76. The molecule has 0 saturated heterocycles. The average Bonchev–Trinajstić information content (AvgIpc) is 2.78. The van der Waals surface area contributed by atoms with Gasteiger partial charge in [-0.1, -0.05) is 32.9 Å². The Morgan fingerprint density at radius 1 is 1.21 bits per heavy atom. The van der Waals surface area contributed by atoms with E-state index >= 15 is 0 Å². The molecule has 0 spiro atoms. The molecule has 0 saturated carbocycles. The van der Waals surface area contributed by atoms with Gasteiger partial charge in [0.1, 0.15) is 0 Å². The molecule has 1 unspecified atom stereocenters. The normalized spacial score (nSPS) is 13.3. The number of nitrogens with zero attached hydrogens (tertiary/aromatic N) is 1. The molecule has 0 radical (unpaired) electrons. The molecule has 1 aromatic carbocycles. The smallest absolute Gasteiger partial charge is 0.0483 e. The standard InChI is InChI=1S/C17H26N2/c1-4-16(18)11-14-5-6-15-8-10-19(17(15)12-14)9-7-13(2)3/h5-6,8,10,12-13,16H,4,7,9,11,18H2,1-3H3. The summed E-state index contributed by atoms with van der Waals surface area (Å²) in [6, 6.07) is 9.23. The Morgan fingerprint density at radius 2 is 2.00 bits per heavy atom. The number of nitrogens with two attached hydrogens (primary N) is 1. The Balaban J connectivity index is 2.21. The molecule has 19 heavy (non-hydrogen) atoms. The molecule has 2 heteroatoms. The first-order valence-electron chi connectivity index (χ1n) is 7.43. The van der Waals surface area contributed by atoms with Crippen LogP contribution in [0.4, 0.5) is 0 Å². The molecule has 1 heterocycles. The summed E-state index contributed by atoms with van der Waals surface area (Å²) in [5, 5.41) is 1.33. The Kier molecular flexibility index (Phi) is 4.65. The highest BCUT2D eigenvalue weighted by atomic mass is 14.9. The van der Waals surface area contributed by atoms with Gasteiger partial charge in [0, 0.05) is 24.3 Å². The minimum Gasteiger partial charge on any atom is -0.347 e. The van der Waals surface area contributed by atoms with Gasteiger partial charge in [0.25, 0.3) is 0 Å². The molecule has 0 amide bonds. The number of benzene rings is 1. The summed E-state index contributed by atoms with van der Waals surface area (Å²) in [4.78, 5) is 0. The van der Waals surface area contributed by atoms with E-state index < -0.39 is 0 Å². The number of hydrogen-bond donors (Lipinski definition) is 1. The van der Waals surface area contributed by atoms with E-state index in [-0.39, 0.29) is 6.04 Å². The van der Waals surface area contributed by atoms with Crippen LogP contribution >= 0.6 is 0 Å². The second kappa shape index (κ2) is 6.25. The number of aromatic nitrogens is 1. The second-order valence-corrected chi connectivity index (χ2v) is 5.96. The van der Waals surface area contributed by atoms with Gasteiger partial charge in [-0.25, -0.2) is 0 Å². The Labute approximate surface area is 116 Å². The van der Waals surface area contributed by atoms with Crippen molar-refractivity contribution in [1.82, 2.24) is 4.57 Å². The number of hydrogen-bond acceptors (Lipinski definition) is 1. The lowest BCUT2D eigenvalue weighted by Gasteiger charge is -2.11. The molecule has 2 rings (SSSR count). The topological polar surface area (TPSA) is 30.9 Å². The summed E-state index contributed by atoms with van der Waals surface area (Å²) in [7, 11) is 0. The molecule has 2 nitrogen and oxygen atoms in total. The first-order chi connectivity index (χ1) is 9.10. The van der Waals surface area contributed by atoms with Crippen molar-refractivity contribution < 1.29 is 0 Å². The summed E-state index contributed by atoms with van der Waals surface area (Å²) < 4.78 is 2.37. The van der Waals surface area contributed by atoms with Gasteiger partial charge in [0.2, 0.25) is 0 Å². The third-order valence-corrected chi connectivity index (χ3v) is 3.81. The summed E-state index contributed by atoms with van der Waals surface area (Å²) >= 11 is 0. The Hall–Kier alpha value is -1.28. The molecule has 0 aliphatic carbocycles. The Bertz CT molecular complexity index is 525. The van der Waals surface area contributed by atoms with Gasteiger partial charge in [-0.3, -0.25) is 0 Å². The quantitative estimate of drug-likeness (QED) is 0.835. The Morgan fingerprint density at radius 3 is 2.68 bits per heavy atom. The lowest BCUT2D eigenvalue weighted by Crippen LogP contribution is -2.21. The SMILES string of the molecule is CCC(N)Cc1ccc2ccn(CCC(C)C)c2c1. The van der Waals surface area contributed by atoms with E-state index in [1.165, 1.54) is 22.9 Å². The van der Waals surface area contributed by atoms with E-state index in [2.05, 4.69) is 55.8 Å². The fourth-order valence-corrected chi connectivity index (χ4v) is 2.40. The first kappa shape index (κ1) is 14.1. The van der Waals surface area contributed by atoms with Crippen LogP contribution in [0.2, 0.25) is 0 Å². The van der Waals surface area contributed by atoms with Gasteiger partial charge >= 0.3 is 0 Å². The number of fused-ring (bicyclic) bond motifs is 1. The van der Waals surface area contributed by atoms with Crippen molar-refractivity contribution in [3.8, 4) is 0 Å². The van der Waals surface area contributed by atoms with Gasteiger partial charge in [-0.15, -0.1) is 0 Å². The monoisotopic (exact) mass is 258 g/mol. The fraction of sp³-hybridized carbons (Fsp3) is 0.529. The van der Waals surface area contributed by atoms with Gasteiger partial charge in [0.05, 0.1) is 0 Å². The third kappa shape index (κ3) is 3.60. The first-order valence-corrected chi connectivity index (χ1v) is 7.43. The van der Waals surface area contributed by atoms with Crippen molar-refractivity contribution in [2.24, 2.45) is 11.7 Å². The molecular weight excluding hydrogens is 232 g/mol. The second-order valence-electron chi connectivity index (χ2n) is 5.96. The van der Waals surface area contributed by atoms with Crippen molar-refractivity contribution >= 4 is 10.9 Å². The molecule has 0 aliphatic heterocycles. The molecule has 1 atom stereocenters. The van der Waals surface area contributed by atoms with Crippen LogP contribution in [-0.2, 0) is 13.0 Å². The van der Waals surface area contributed by atoms with Crippen LogP contribution in [0.3, 0.4) is 0 Å². The maximum atomic E-state index is 6.05. The van der Waals surface area contributed by atoms with E-state index in [4.69, 9.17) is 5.73 Å². The molecule has 1 aromatic heterocycles. The predicted octanol–water partition coefficient (Wildman–Crippen LogP) is 3.97. The number of rotatable bonds is 6. The van der Waals surface area contributed by atoms with Gasteiger partial charge < -0.3 is 10.3 Å². The summed E-state index contributed by atoms with van der Waals surface area (Å²) in [6.45, 7) is 7.80. The zero-order valence-electron chi connectivity index (χ0n) is 12.4. The highest BCUT2D eigenvalue weighted by molar-refractivity contribution is 5.80. The van der Waals surface area contributed by atoms with E-state index in [9.17, 15) is 0 Å². The van der Waals surface area contributed by atoms with Crippen molar-refractivity contribution in [2.45, 2.75) is 52.6 Å². The maximum absolute atomic E-state index is 6.05. The molecule has 0 fully saturated rings. The lowest BCUT2D eigenvalue weighted by molar-refractivity contribution is 0.524. The molecular formula is C17H26N2. The molecule has 0 aliphatic rings. The van der Waals surface area contributed by atoms with E-state index in [1.54, 1.807) is 0 Å². The zero-order valence-corrected chi connectivity index (χ0v) is 12.4. The number of aryl methyl sites for hydroxylation is 1. The van der Waals surface area contributed by atoms with Crippen LogP contribution in [0.1, 0.15) is 39.2 Å². The zero-order chi connectivity index (χ0) is 13.8. The minimum absolute atomic E-state index is 0.275. The van der Waals surface area contributed by atoms with Crippen LogP contribution in [0.5, 0.6) is 0 Å². The maximum Gasteiger partial charge on any atom is 0.0483 e. The molecule has 104 valence electrons. The van der Waals surface area contributed by atoms with E-state index in [1.807, 2.05) is 0 Å². The molecule has 2 aromatic rings. The van der Waals surface area contributed by atoms with Crippen LogP contribution in [0.15, 0.2) is 30.5 Å². The fourth-order valence-electron chi connectivity index (χ4n) is 2.40. The van der Waals surface area contributed by atoms with Crippen LogP contribution in [0, 0.1) is 5.92 Å². The van der Waals surface area contributed by atoms with Crippen molar-refractivity contribution in [2.75, 3.05) is 0 Å². The third-order valence-electron chi connectivity index (χ3n) is 3.81.